The molecule has 48 heavy (non-hydrogen) atoms. The molecule has 1 heterocycles. The van der Waals surface area contributed by atoms with Crippen LogP contribution in [0.4, 0.5) is 0 Å². The van der Waals surface area contributed by atoms with Gasteiger partial charge in [-0.15, -0.1) is 0 Å². The molecule has 0 spiro atoms. The number of esters is 3. The molecule has 0 radical (unpaired) electrons. The maximum atomic E-state index is 12.7. The Hall–Kier alpha value is -5.43. The third-order valence-corrected chi connectivity index (χ3v) is 7.10. The molecule has 12 nitrogen and oxygen atoms in total. The molecule has 2 N–H and O–H groups in total. The summed E-state index contributed by atoms with van der Waals surface area (Å²) in [6.07, 6.45) is -0.264. The van der Waals surface area contributed by atoms with E-state index < -0.39 is 55.2 Å². The summed E-state index contributed by atoms with van der Waals surface area (Å²) in [5.74, 6) is -0.648. The van der Waals surface area contributed by atoms with Gasteiger partial charge < -0.3 is 43.4 Å². The highest BCUT2D eigenvalue weighted by molar-refractivity contribution is 5.88. The lowest BCUT2D eigenvalue weighted by molar-refractivity contribution is -0.293. The number of carbonyl (C=O) groups excluding carboxylic acids is 3. The Morgan fingerprint density at radius 2 is 1.00 bits per heavy atom. The largest absolute Gasteiger partial charge is 0.497 e. The molecule has 1 aliphatic heterocycles. The van der Waals surface area contributed by atoms with Gasteiger partial charge in [-0.3, -0.25) is 0 Å². The predicted octanol–water partition coefficient (Wildman–Crippen LogP) is 3.60. The number of ether oxygens (including phenoxy) is 7. The van der Waals surface area contributed by atoms with E-state index in [2.05, 4.69) is 0 Å². The smallest absolute Gasteiger partial charge is 0.333 e. The zero-order valence-electron chi connectivity index (χ0n) is 26.5. The van der Waals surface area contributed by atoms with Crippen LogP contribution in [0.5, 0.6) is 17.2 Å². The zero-order valence-corrected chi connectivity index (χ0v) is 26.5. The fraction of sp³-hybridized carbons (Fsp3) is 0.250. The third-order valence-electron chi connectivity index (χ3n) is 7.10. The lowest BCUT2D eigenvalue weighted by Gasteiger charge is -2.40. The number of benzene rings is 3. The maximum absolute atomic E-state index is 12.7. The molecule has 3 aromatic rings. The van der Waals surface area contributed by atoms with Gasteiger partial charge in [0.25, 0.3) is 0 Å². The van der Waals surface area contributed by atoms with Crippen LogP contribution in [0.3, 0.4) is 0 Å². The standard InChI is InChI=1S/C36H36O12/c1-42-26-13-4-23(5-14-26)10-19-30(37)45-22-29-33(40)35(47-31(38)20-11-24-6-15-27(43-2)16-7-24)34(41)36(46-29)48-32(39)21-12-25-8-17-28(44-3)18-9-25/h4-21,29,33-36,40-41H,22H2,1-3H3/b19-10+,20-11+,21-12+/t29-,33-,34-,35+,36+/m1/s1. The van der Waals surface area contributed by atoms with Gasteiger partial charge in [-0.25, -0.2) is 14.4 Å². The van der Waals surface area contributed by atoms with E-state index in [0.717, 1.165) is 12.2 Å². The van der Waals surface area contributed by atoms with Crippen molar-refractivity contribution in [3.8, 4) is 17.2 Å². The van der Waals surface area contributed by atoms with Crippen LogP contribution in [0.15, 0.2) is 91.0 Å². The van der Waals surface area contributed by atoms with Crippen LogP contribution in [0.1, 0.15) is 16.7 Å². The number of hydrogen-bond acceptors (Lipinski definition) is 12. The van der Waals surface area contributed by atoms with Gasteiger partial charge in [0.05, 0.1) is 21.3 Å². The molecule has 3 aromatic carbocycles. The van der Waals surface area contributed by atoms with Crippen molar-refractivity contribution >= 4 is 36.1 Å². The van der Waals surface area contributed by atoms with Gasteiger partial charge >= 0.3 is 17.9 Å². The minimum atomic E-state index is -1.79. The highest BCUT2D eigenvalue weighted by Crippen LogP contribution is 2.26. The van der Waals surface area contributed by atoms with Crippen molar-refractivity contribution in [2.24, 2.45) is 0 Å². The van der Waals surface area contributed by atoms with E-state index in [1.807, 2.05) is 0 Å². The summed E-state index contributed by atoms with van der Waals surface area (Å²) >= 11 is 0. The second kappa shape index (κ2) is 17.5. The molecule has 1 saturated heterocycles. The summed E-state index contributed by atoms with van der Waals surface area (Å²) in [6, 6.07) is 20.6. The molecule has 5 atom stereocenters. The molecule has 0 unspecified atom stereocenters. The van der Waals surface area contributed by atoms with Crippen molar-refractivity contribution in [2.45, 2.75) is 30.7 Å². The van der Waals surface area contributed by atoms with E-state index in [9.17, 15) is 24.6 Å². The van der Waals surface area contributed by atoms with E-state index in [1.165, 1.54) is 38.5 Å². The van der Waals surface area contributed by atoms with Crippen LogP contribution in [-0.4, -0.2) is 86.8 Å². The molecule has 0 amide bonds. The average molecular weight is 661 g/mol. The molecule has 0 saturated carbocycles. The summed E-state index contributed by atoms with van der Waals surface area (Å²) in [7, 11) is 4.60. The SMILES string of the molecule is COc1ccc(/C=C/C(=O)OC[C@H]2O[C@@H](OC(=O)/C=C/c3ccc(OC)cc3)[C@H](O)[C@@H](OC(=O)/C=C/c3ccc(OC)cc3)[C@@H]2O)cc1. The monoisotopic (exact) mass is 660 g/mol. The molecule has 4 rings (SSSR count). The predicted molar refractivity (Wildman–Crippen MR) is 174 cm³/mol. The quantitative estimate of drug-likeness (QED) is 0.156. The van der Waals surface area contributed by atoms with Crippen molar-refractivity contribution in [3.05, 3.63) is 108 Å². The summed E-state index contributed by atoms with van der Waals surface area (Å²) in [5.41, 5.74) is 2.02. The van der Waals surface area contributed by atoms with Crippen molar-refractivity contribution in [1.29, 1.82) is 0 Å². The Kier molecular flexibility index (Phi) is 12.9. The van der Waals surface area contributed by atoms with Gasteiger partial charge in [0, 0.05) is 18.2 Å². The Balaban J connectivity index is 1.44. The average Bonchev–Trinajstić information content (AvgIpc) is 3.12. The fourth-order valence-corrected chi connectivity index (χ4v) is 4.45. The van der Waals surface area contributed by atoms with Crippen LogP contribution >= 0.6 is 0 Å². The highest BCUT2D eigenvalue weighted by Gasteiger charge is 2.48. The van der Waals surface area contributed by atoms with Gasteiger partial charge in [-0.2, -0.15) is 0 Å². The molecule has 12 heteroatoms. The van der Waals surface area contributed by atoms with Gasteiger partial charge in [0.2, 0.25) is 6.29 Å². The maximum Gasteiger partial charge on any atom is 0.333 e. The second-order valence-electron chi connectivity index (χ2n) is 10.3. The summed E-state index contributed by atoms with van der Waals surface area (Å²) < 4.78 is 37.0. The molecular formula is C36H36O12. The van der Waals surface area contributed by atoms with Crippen LogP contribution in [0.2, 0.25) is 0 Å². The number of rotatable bonds is 13. The van der Waals surface area contributed by atoms with Crippen molar-refractivity contribution in [2.75, 3.05) is 27.9 Å². The normalized spacial score (nSPS) is 20.8. The minimum Gasteiger partial charge on any atom is -0.497 e. The number of aliphatic hydroxyl groups excluding tert-OH is 2. The third kappa shape index (κ3) is 10.3. The Bertz CT molecular complexity index is 1590. The highest BCUT2D eigenvalue weighted by atomic mass is 16.7. The first-order chi connectivity index (χ1) is 23.2. The number of methoxy groups -OCH3 is 3. The second-order valence-corrected chi connectivity index (χ2v) is 10.3. The lowest BCUT2D eigenvalue weighted by atomic mass is 9.99. The fourth-order valence-electron chi connectivity index (χ4n) is 4.45. The van der Waals surface area contributed by atoms with Crippen LogP contribution < -0.4 is 14.2 Å². The minimum absolute atomic E-state index is 0.523. The molecule has 1 fully saturated rings. The molecule has 0 bridgehead atoms. The van der Waals surface area contributed by atoms with Crippen molar-refractivity contribution < 1.29 is 57.8 Å². The first-order valence-electron chi connectivity index (χ1n) is 14.7. The summed E-state index contributed by atoms with van der Waals surface area (Å²) in [6.45, 7) is -0.523. The molecule has 1 aliphatic rings. The summed E-state index contributed by atoms with van der Waals surface area (Å²) in [4.78, 5) is 37.9. The van der Waals surface area contributed by atoms with Gasteiger partial charge in [-0.1, -0.05) is 36.4 Å². The van der Waals surface area contributed by atoms with Gasteiger partial charge in [0.15, 0.2) is 12.2 Å². The van der Waals surface area contributed by atoms with Crippen molar-refractivity contribution in [3.63, 3.8) is 0 Å². The van der Waals surface area contributed by atoms with E-state index in [0.29, 0.717) is 33.9 Å². The zero-order chi connectivity index (χ0) is 34.5. The molecular weight excluding hydrogens is 624 g/mol. The number of aliphatic hydroxyl groups is 2. The van der Waals surface area contributed by atoms with E-state index in [4.69, 9.17) is 33.2 Å². The van der Waals surface area contributed by atoms with Gasteiger partial charge in [0.1, 0.15) is 36.1 Å². The molecule has 252 valence electrons. The molecule has 0 aliphatic carbocycles. The van der Waals surface area contributed by atoms with Crippen LogP contribution in [0.25, 0.3) is 18.2 Å². The van der Waals surface area contributed by atoms with Gasteiger partial charge in [-0.05, 0) is 71.3 Å². The number of carbonyl (C=O) groups is 3. The van der Waals surface area contributed by atoms with E-state index in [1.54, 1.807) is 79.9 Å². The first-order valence-corrected chi connectivity index (χ1v) is 14.7. The van der Waals surface area contributed by atoms with E-state index >= 15 is 0 Å². The van der Waals surface area contributed by atoms with Crippen LogP contribution in [0, 0.1) is 0 Å². The Labute approximate surface area is 277 Å². The number of hydrogen-bond donors (Lipinski definition) is 2. The topological polar surface area (TPSA) is 156 Å². The first kappa shape index (κ1) is 35.4. The Morgan fingerprint density at radius 3 is 1.42 bits per heavy atom. The van der Waals surface area contributed by atoms with Crippen molar-refractivity contribution in [1.82, 2.24) is 0 Å². The van der Waals surface area contributed by atoms with E-state index in [-0.39, 0.29) is 0 Å². The summed E-state index contributed by atoms with van der Waals surface area (Å²) in [5, 5.41) is 22.0. The molecule has 0 aromatic heterocycles. The lowest BCUT2D eigenvalue weighted by Crippen LogP contribution is -2.61. The Morgan fingerprint density at radius 1 is 0.604 bits per heavy atom. The van der Waals surface area contributed by atoms with Crippen LogP contribution in [-0.2, 0) is 33.3 Å².